The monoisotopic (exact) mass is 201 g/mol. The van der Waals surface area contributed by atoms with Gasteiger partial charge in [-0.3, -0.25) is 9.69 Å². The van der Waals surface area contributed by atoms with Crippen LogP contribution in [-0.2, 0) is 4.79 Å². The van der Waals surface area contributed by atoms with Gasteiger partial charge in [0.15, 0.2) is 0 Å². The first-order valence-electron chi connectivity index (χ1n) is 5.23. The van der Waals surface area contributed by atoms with Crippen LogP contribution in [0.2, 0.25) is 0 Å². The standard InChI is InChI=1S/C10H19NO3/c1-2-8(12)4-3-5-11-6-9(13)10(14)7-11/h9-10,13-14H,2-7H2,1H3. The zero-order chi connectivity index (χ0) is 10.6. The van der Waals surface area contributed by atoms with Crippen molar-refractivity contribution < 1.29 is 15.0 Å². The normalized spacial score (nSPS) is 28.2. The Kier molecular flexibility index (Phi) is 4.51. The molecule has 82 valence electrons. The Labute approximate surface area is 84.5 Å². The summed E-state index contributed by atoms with van der Waals surface area (Å²) in [6.07, 6.45) is 0.810. The highest BCUT2D eigenvalue weighted by Crippen LogP contribution is 2.10. The van der Waals surface area contributed by atoms with Gasteiger partial charge in [-0.2, -0.15) is 0 Å². The molecule has 1 aliphatic rings. The molecule has 0 aromatic heterocycles. The molecule has 2 unspecified atom stereocenters. The molecule has 1 fully saturated rings. The molecule has 14 heavy (non-hydrogen) atoms. The number of nitrogens with zero attached hydrogens (tertiary/aromatic N) is 1. The third-order valence-electron chi connectivity index (χ3n) is 2.66. The van der Waals surface area contributed by atoms with Crippen LogP contribution in [0.4, 0.5) is 0 Å². The summed E-state index contributed by atoms with van der Waals surface area (Å²) >= 11 is 0. The Bertz CT molecular complexity index is 186. The van der Waals surface area contributed by atoms with Crippen molar-refractivity contribution in [2.75, 3.05) is 19.6 Å². The van der Waals surface area contributed by atoms with Crippen LogP contribution in [0.25, 0.3) is 0 Å². The number of carbonyl (C=O) groups excluding carboxylic acids is 1. The van der Waals surface area contributed by atoms with Gasteiger partial charge in [0.25, 0.3) is 0 Å². The second-order valence-electron chi connectivity index (χ2n) is 3.89. The van der Waals surface area contributed by atoms with E-state index in [2.05, 4.69) is 0 Å². The van der Waals surface area contributed by atoms with E-state index in [1.54, 1.807) is 0 Å². The van der Waals surface area contributed by atoms with Crippen LogP contribution < -0.4 is 0 Å². The largest absolute Gasteiger partial charge is 0.389 e. The molecule has 0 radical (unpaired) electrons. The lowest BCUT2D eigenvalue weighted by atomic mass is 10.2. The number of ketones is 1. The summed E-state index contributed by atoms with van der Waals surface area (Å²) in [5.41, 5.74) is 0. The molecule has 0 aliphatic carbocycles. The molecule has 1 rings (SSSR count). The molecule has 0 bridgehead atoms. The molecule has 0 amide bonds. The quantitative estimate of drug-likeness (QED) is 0.646. The van der Waals surface area contributed by atoms with Gasteiger partial charge in [0, 0.05) is 25.9 Å². The molecule has 0 aromatic carbocycles. The molecule has 2 atom stereocenters. The summed E-state index contributed by atoms with van der Waals surface area (Å²) in [7, 11) is 0. The molecule has 0 saturated carbocycles. The number of likely N-dealkylation sites (tertiary alicyclic amines) is 1. The van der Waals surface area contributed by atoms with Crippen LogP contribution in [-0.4, -0.2) is 52.7 Å². The second-order valence-corrected chi connectivity index (χ2v) is 3.89. The number of aliphatic hydroxyl groups excluding tert-OH is 2. The van der Waals surface area contributed by atoms with Crippen molar-refractivity contribution in [2.45, 2.75) is 38.4 Å². The molecule has 0 aromatic rings. The van der Waals surface area contributed by atoms with Gasteiger partial charge in [-0.25, -0.2) is 0 Å². The van der Waals surface area contributed by atoms with E-state index in [1.165, 1.54) is 0 Å². The lowest BCUT2D eigenvalue weighted by Crippen LogP contribution is -2.23. The van der Waals surface area contributed by atoms with Gasteiger partial charge in [0.1, 0.15) is 5.78 Å². The molecule has 1 heterocycles. The van der Waals surface area contributed by atoms with E-state index in [-0.39, 0.29) is 5.78 Å². The van der Waals surface area contributed by atoms with Gasteiger partial charge >= 0.3 is 0 Å². The number of hydrogen-bond acceptors (Lipinski definition) is 4. The van der Waals surface area contributed by atoms with Crippen LogP contribution in [0.3, 0.4) is 0 Å². The van der Waals surface area contributed by atoms with E-state index < -0.39 is 12.2 Å². The maximum absolute atomic E-state index is 11.0. The maximum atomic E-state index is 11.0. The van der Waals surface area contributed by atoms with E-state index >= 15 is 0 Å². The Morgan fingerprint density at radius 3 is 2.43 bits per heavy atom. The minimum Gasteiger partial charge on any atom is -0.389 e. The fourth-order valence-corrected chi connectivity index (χ4v) is 1.71. The van der Waals surface area contributed by atoms with Gasteiger partial charge in [0.2, 0.25) is 0 Å². The first-order chi connectivity index (χ1) is 6.63. The molecule has 4 heteroatoms. The molecule has 2 N–H and O–H groups in total. The minimum atomic E-state index is -0.614. The van der Waals surface area contributed by atoms with E-state index in [0.29, 0.717) is 25.9 Å². The average Bonchev–Trinajstić information content (AvgIpc) is 2.46. The topological polar surface area (TPSA) is 60.8 Å². The lowest BCUT2D eigenvalue weighted by molar-refractivity contribution is -0.118. The van der Waals surface area contributed by atoms with Crippen molar-refractivity contribution in [3.63, 3.8) is 0 Å². The van der Waals surface area contributed by atoms with Crippen LogP contribution in [0.1, 0.15) is 26.2 Å². The highest BCUT2D eigenvalue weighted by atomic mass is 16.3. The summed E-state index contributed by atoms with van der Waals surface area (Å²) in [5, 5.41) is 18.5. The van der Waals surface area contributed by atoms with Crippen molar-refractivity contribution in [2.24, 2.45) is 0 Å². The predicted octanol–water partition coefficient (Wildman–Crippen LogP) is -0.217. The van der Waals surface area contributed by atoms with Crippen LogP contribution in [0.5, 0.6) is 0 Å². The Hall–Kier alpha value is -0.450. The fraction of sp³-hybridized carbons (Fsp3) is 0.900. The van der Waals surface area contributed by atoms with Crippen molar-refractivity contribution in [1.29, 1.82) is 0 Å². The second kappa shape index (κ2) is 5.44. The minimum absolute atomic E-state index is 0.283. The molecular formula is C10H19NO3. The van der Waals surface area contributed by atoms with E-state index in [9.17, 15) is 15.0 Å². The van der Waals surface area contributed by atoms with Gasteiger partial charge in [-0.15, -0.1) is 0 Å². The Morgan fingerprint density at radius 2 is 1.93 bits per heavy atom. The van der Waals surface area contributed by atoms with Crippen molar-refractivity contribution in [1.82, 2.24) is 4.90 Å². The van der Waals surface area contributed by atoms with Crippen LogP contribution in [0, 0.1) is 0 Å². The van der Waals surface area contributed by atoms with E-state index in [0.717, 1.165) is 13.0 Å². The molecular weight excluding hydrogens is 182 g/mol. The third kappa shape index (κ3) is 3.36. The van der Waals surface area contributed by atoms with E-state index in [4.69, 9.17) is 0 Å². The first kappa shape index (κ1) is 11.6. The first-order valence-corrected chi connectivity index (χ1v) is 5.23. The van der Waals surface area contributed by atoms with Crippen molar-refractivity contribution in [3.05, 3.63) is 0 Å². The zero-order valence-electron chi connectivity index (χ0n) is 8.65. The van der Waals surface area contributed by atoms with Gasteiger partial charge in [0.05, 0.1) is 12.2 Å². The summed E-state index contributed by atoms with van der Waals surface area (Å²) < 4.78 is 0. The highest BCUT2D eigenvalue weighted by Gasteiger charge is 2.28. The predicted molar refractivity (Wildman–Crippen MR) is 53.0 cm³/mol. The van der Waals surface area contributed by atoms with Crippen molar-refractivity contribution >= 4 is 5.78 Å². The average molecular weight is 201 g/mol. The third-order valence-corrected chi connectivity index (χ3v) is 2.66. The molecule has 1 aliphatic heterocycles. The van der Waals surface area contributed by atoms with Crippen LogP contribution in [0.15, 0.2) is 0 Å². The van der Waals surface area contributed by atoms with Gasteiger partial charge in [-0.05, 0) is 13.0 Å². The molecule has 0 spiro atoms. The fourth-order valence-electron chi connectivity index (χ4n) is 1.71. The lowest BCUT2D eigenvalue weighted by Gasteiger charge is -2.13. The number of carbonyl (C=O) groups is 1. The SMILES string of the molecule is CCC(=O)CCCN1CC(O)C(O)C1. The molecule has 1 saturated heterocycles. The number of Topliss-reactive ketones (excluding diaryl/α,β-unsaturated/α-hetero) is 1. The highest BCUT2D eigenvalue weighted by molar-refractivity contribution is 5.77. The number of aliphatic hydroxyl groups is 2. The van der Waals surface area contributed by atoms with Gasteiger partial charge < -0.3 is 10.2 Å². The number of rotatable bonds is 5. The summed E-state index contributed by atoms with van der Waals surface area (Å²) in [4.78, 5) is 13.0. The van der Waals surface area contributed by atoms with Crippen LogP contribution >= 0.6 is 0 Å². The maximum Gasteiger partial charge on any atom is 0.132 e. The summed E-state index contributed by atoms with van der Waals surface area (Å²) in [6, 6.07) is 0. The Balaban J connectivity index is 2.11. The zero-order valence-corrected chi connectivity index (χ0v) is 8.65. The number of hydrogen-bond donors (Lipinski definition) is 2. The summed E-state index contributed by atoms with van der Waals surface area (Å²) in [6.45, 7) is 3.72. The molecule has 4 nitrogen and oxygen atoms in total. The Morgan fingerprint density at radius 1 is 1.36 bits per heavy atom. The number of β-amino-alcohol motifs (C(OH)–C–C–N with tert-alkyl or cyclic N) is 2. The van der Waals surface area contributed by atoms with E-state index in [1.807, 2.05) is 11.8 Å². The van der Waals surface area contributed by atoms with Crippen molar-refractivity contribution in [3.8, 4) is 0 Å². The summed E-state index contributed by atoms with van der Waals surface area (Å²) in [5.74, 6) is 0.283. The van der Waals surface area contributed by atoms with Gasteiger partial charge in [-0.1, -0.05) is 6.92 Å². The smallest absolute Gasteiger partial charge is 0.132 e.